The number of hydrogen-bond acceptors (Lipinski definition) is 11. The summed E-state index contributed by atoms with van der Waals surface area (Å²) in [6.07, 6.45) is -1.64. The summed E-state index contributed by atoms with van der Waals surface area (Å²) in [5, 5.41) is 53.5. The Morgan fingerprint density at radius 1 is 0.960 bits per heavy atom. The molecule has 50 heavy (non-hydrogen) atoms. The Morgan fingerprint density at radius 2 is 1.62 bits per heavy atom. The molecule has 6 atom stereocenters. The number of rotatable bonds is 6. The molecule has 0 bridgehead atoms. The molecular formula is C36H36N4O10. The topological polar surface area (TPSA) is 229 Å². The highest BCUT2D eigenvalue weighted by Crippen LogP contribution is 2.57. The summed E-state index contributed by atoms with van der Waals surface area (Å²) < 4.78 is 5.84. The third-order valence-electron chi connectivity index (χ3n) is 9.95. The molecule has 8 N–H and O–H groups in total. The number of ketones is 2. The average Bonchev–Trinajstić information content (AvgIpc) is 3.06. The average molecular weight is 685 g/mol. The largest absolute Gasteiger partial charge is 0.510 e. The molecule has 0 aromatic heterocycles. The Hall–Kier alpha value is -5.73. The predicted molar refractivity (Wildman–Crippen MR) is 181 cm³/mol. The first-order chi connectivity index (χ1) is 23.6. The minimum Gasteiger partial charge on any atom is -0.510 e. The summed E-state index contributed by atoms with van der Waals surface area (Å²) in [4.78, 5) is 68.0. The van der Waals surface area contributed by atoms with Gasteiger partial charge in [-0.1, -0.05) is 56.3 Å². The van der Waals surface area contributed by atoms with Crippen LogP contribution in [0.25, 0.3) is 10.8 Å². The van der Waals surface area contributed by atoms with E-state index in [-0.39, 0.29) is 23.2 Å². The van der Waals surface area contributed by atoms with E-state index in [2.05, 4.69) is 10.6 Å². The first kappa shape index (κ1) is 34.1. The monoisotopic (exact) mass is 684 g/mol. The number of carbonyl (C=O) groups excluding carboxylic acids is 5. The summed E-state index contributed by atoms with van der Waals surface area (Å²) in [7, 11) is 2.94. The van der Waals surface area contributed by atoms with E-state index in [0.717, 1.165) is 10.8 Å². The first-order valence-electron chi connectivity index (χ1n) is 15.9. The predicted octanol–water partition coefficient (Wildman–Crippen LogP) is 3.41. The number of likely N-dealkylation sites (N-methyl/N-ethyl adjacent to an activating group) is 1. The van der Waals surface area contributed by atoms with E-state index in [9.17, 15) is 44.4 Å². The molecule has 6 unspecified atom stereocenters. The summed E-state index contributed by atoms with van der Waals surface area (Å²) in [6, 6.07) is 13.5. The number of carbonyl (C=O) groups is 5. The van der Waals surface area contributed by atoms with Crippen LogP contribution in [-0.2, 0) is 19.1 Å². The fourth-order valence-electron chi connectivity index (χ4n) is 7.68. The van der Waals surface area contributed by atoms with E-state index >= 15 is 0 Å². The number of aliphatic hydroxyl groups is 3. The molecule has 3 amide bonds. The van der Waals surface area contributed by atoms with Crippen LogP contribution in [-0.4, -0.2) is 86.6 Å². The number of ether oxygens (including phenoxy) is 1. The smallest absolute Gasteiger partial charge is 0.323 e. The number of fused-ring (bicyclic) bond motifs is 4. The van der Waals surface area contributed by atoms with Crippen LogP contribution < -0.4 is 16.4 Å². The van der Waals surface area contributed by atoms with Gasteiger partial charge in [-0.2, -0.15) is 0 Å². The van der Waals surface area contributed by atoms with Gasteiger partial charge in [0.15, 0.2) is 17.1 Å². The van der Waals surface area contributed by atoms with Crippen molar-refractivity contribution in [3.05, 3.63) is 88.4 Å². The molecule has 3 aromatic rings. The van der Waals surface area contributed by atoms with Crippen molar-refractivity contribution in [2.75, 3.05) is 24.7 Å². The molecule has 0 saturated carbocycles. The van der Waals surface area contributed by atoms with Crippen LogP contribution >= 0.6 is 0 Å². The lowest BCUT2D eigenvalue weighted by atomic mass is 9.55. The number of hydrogen-bond donors (Lipinski definition) is 7. The van der Waals surface area contributed by atoms with E-state index in [1.165, 1.54) is 38.1 Å². The molecule has 0 heterocycles. The lowest BCUT2D eigenvalue weighted by molar-refractivity contribution is -0.180. The Bertz CT molecular complexity index is 2070. The zero-order valence-electron chi connectivity index (χ0n) is 27.6. The third kappa shape index (κ3) is 4.98. The van der Waals surface area contributed by atoms with Crippen LogP contribution in [0.15, 0.2) is 77.3 Å². The number of esters is 1. The highest BCUT2D eigenvalue weighted by Gasteiger charge is 2.68. The number of nitrogens with zero attached hydrogens (tertiary/aromatic N) is 1. The molecule has 0 fully saturated rings. The van der Waals surface area contributed by atoms with Crippen molar-refractivity contribution in [3.8, 4) is 5.75 Å². The lowest BCUT2D eigenvalue weighted by Crippen LogP contribution is -2.69. The minimum atomic E-state index is -3.06. The van der Waals surface area contributed by atoms with Gasteiger partial charge in [-0.25, -0.2) is 4.79 Å². The number of phenolic OH excluding ortho intramolecular Hbond substituents is 1. The molecular weight excluding hydrogens is 648 g/mol. The van der Waals surface area contributed by atoms with Crippen molar-refractivity contribution in [2.45, 2.75) is 43.9 Å². The number of phenols is 1. The van der Waals surface area contributed by atoms with Gasteiger partial charge in [0.2, 0.25) is 5.78 Å². The van der Waals surface area contributed by atoms with Crippen LogP contribution in [0, 0.1) is 11.8 Å². The van der Waals surface area contributed by atoms with Gasteiger partial charge in [-0.15, -0.1) is 0 Å². The SMILES string of the molecule is CCC(=O)OC1C2C(=C(O)C3(O)C(=O)C(C(N)=O)=C(O)C(N(C)C)C13)C(=O)c1c(ccc(NC(=O)Nc3cccc4ccccc34)c1O)C2C. The summed E-state index contributed by atoms with van der Waals surface area (Å²) >= 11 is 0. The molecule has 260 valence electrons. The van der Waals surface area contributed by atoms with Crippen LogP contribution in [0.3, 0.4) is 0 Å². The number of aliphatic hydroxyl groups excluding tert-OH is 2. The maximum absolute atomic E-state index is 14.4. The maximum atomic E-state index is 14.4. The Morgan fingerprint density at radius 3 is 2.28 bits per heavy atom. The highest BCUT2D eigenvalue weighted by atomic mass is 16.5. The van der Waals surface area contributed by atoms with Gasteiger partial charge >= 0.3 is 12.0 Å². The van der Waals surface area contributed by atoms with E-state index in [1.54, 1.807) is 19.1 Å². The first-order valence-corrected chi connectivity index (χ1v) is 15.9. The fourth-order valence-corrected chi connectivity index (χ4v) is 7.68. The van der Waals surface area contributed by atoms with Gasteiger partial charge in [0.25, 0.3) is 5.91 Å². The van der Waals surface area contributed by atoms with Crippen molar-refractivity contribution in [1.29, 1.82) is 0 Å². The van der Waals surface area contributed by atoms with E-state index in [0.29, 0.717) is 5.69 Å². The number of nitrogens with one attached hydrogen (secondary N) is 2. The van der Waals surface area contributed by atoms with E-state index in [1.807, 2.05) is 30.3 Å². The Balaban J connectivity index is 1.47. The van der Waals surface area contributed by atoms with E-state index < -0.39 is 93.4 Å². The number of primary amides is 1. The second kappa shape index (κ2) is 12.3. The number of aromatic hydroxyl groups is 1. The summed E-state index contributed by atoms with van der Waals surface area (Å²) in [5.74, 6) is -10.9. The van der Waals surface area contributed by atoms with Gasteiger partial charge in [0, 0.05) is 23.3 Å². The quantitative estimate of drug-likeness (QED) is 0.113. The minimum absolute atomic E-state index is 0.135. The maximum Gasteiger partial charge on any atom is 0.323 e. The van der Waals surface area contributed by atoms with Gasteiger partial charge in [0.05, 0.1) is 28.9 Å². The van der Waals surface area contributed by atoms with Gasteiger partial charge < -0.3 is 41.5 Å². The molecule has 14 nitrogen and oxygen atoms in total. The molecule has 0 saturated heterocycles. The molecule has 0 radical (unpaired) electrons. The highest BCUT2D eigenvalue weighted by molar-refractivity contribution is 6.25. The molecule has 0 spiro atoms. The number of anilines is 2. The van der Waals surface area contributed by atoms with Crippen molar-refractivity contribution < 1.29 is 49.1 Å². The van der Waals surface area contributed by atoms with Gasteiger partial charge in [0.1, 0.15) is 23.2 Å². The second-order valence-electron chi connectivity index (χ2n) is 12.9. The molecule has 14 heteroatoms. The Labute approximate surface area is 285 Å². The number of amides is 3. The number of nitrogens with two attached hydrogens (primary N) is 1. The number of Topliss-reactive ketones (excluding diaryl/α,β-unsaturated/α-hetero) is 2. The zero-order chi connectivity index (χ0) is 36.4. The van der Waals surface area contributed by atoms with Crippen LogP contribution in [0.2, 0.25) is 0 Å². The van der Waals surface area contributed by atoms with E-state index in [4.69, 9.17) is 10.5 Å². The fraction of sp³-hybridized carbons (Fsp3) is 0.306. The normalized spacial score (nSPS) is 25.9. The van der Waals surface area contributed by atoms with Crippen LogP contribution in [0.4, 0.5) is 16.2 Å². The van der Waals surface area contributed by atoms with Gasteiger partial charge in [-0.3, -0.25) is 24.1 Å². The second-order valence-corrected chi connectivity index (χ2v) is 12.9. The lowest BCUT2D eigenvalue weighted by Gasteiger charge is -2.54. The number of benzene rings is 3. The van der Waals surface area contributed by atoms with Gasteiger partial charge in [-0.05, 0) is 43.1 Å². The van der Waals surface area contributed by atoms with Crippen LogP contribution in [0.1, 0.15) is 42.1 Å². The zero-order valence-corrected chi connectivity index (χ0v) is 27.6. The number of urea groups is 1. The van der Waals surface area contributed by atoms with Crippen LogP contribution in [0.5, 0.6) is 5.75 Å². The van der Waals surface area contributed by atoms with Crippen molar-refractivity contribution >= 4 is 51.6 Å². The van der Waals surface area contributed by atoms with Crippen molar-refractivity contribution in [3.63, 3.8) is 0 Å². The molecule has 3 aliphatic carbocycles. The summed E-state index contributed by atoms with van der Waals surface area (Å²) in [5.41, 5.74) is 1.11. The van der Waals surface area contributed by atoms with Crippen molar-refractivity contribution in [2.24, 2.45) is 17.6 Å². The molecule has 3 aromatic carbocycles. The molecule has 0 aliphatic heterocycles. The third-order valence-corrected chi connectivity index (χ3v) is 9.95. The van der Waals surface area contributed by atoms with Crippen molar-refractivity contribution in [1.82, 2.24) is 4.90 Å². The summed E-state index contributed by atoms with van der Waals surface area (Å²) in [6.45, 7) is 3.15. The molecule has 6 rings (SSSR count). The molecule has 3 aliphatic rings. The Kier molecular flexibility index (Phi) is 8.40. The standard InChI is InChI=1S/C36H36N4O10/c1-5-21(41)50-31-22-15(2)17-13-14-20(39-35(48)38-19-12-8-10-16-9-6-7-11-18(16)19)28(42)23(17)29(43)24(22)32(45)36(49)26(31)27(40(3)4)30(44)25(33(36)46)34(37)47/h6-15,22,26-27,31,42,44-45,49H,5H2,1-4H3,(H2,37,47)(H2,38,39,48).